The van der Waals surface area contributed by atoms with E-state index in [0.29, 0.717) is 12.1 Å². The van der Waals surface area contributed by atoms with E-state index in [0.717, 1.165) is 22.4 Å². The first-order valence-electron chi connectivity index (χ1n) is 8.27. The number of aromatic nitrogens is 1. The summed E-state index contributed by atoms with van der Waals surface area (Å²) < 4.78 is 7.17. The normalized spacial score (nSPS) is 10.8. The Hall–Kier alpha value is -3.40. The van der Waals surface area contributed by atoms with Crippen LogP contribution in [-0.4, -0.2) is 18.2 Å². The Morgan fingerprint density at radius 2 is 1.65 bits per heavy atom. The van der Waals surface area contributed by atoms with E-state index in [2.05, 4.69) is 12.2 Å². The van der Waals surface area contributed by atoms with Gasteiger partial charge in [0.2, 0.25) is 0 Å². The van der Waals surface area contributed by atoms with Crippen LogP contribution in [0.3, 0.4) is 0 Å². The quantitative estimate of drug-likeness (QED) is 0.689. The lowest BCUT2D eigenvalue weighted by atomic mass is 10.1. The average Bonchev–Trinajstić information content (AvgIpc) is 2.68. The monoisotopic (exact) mass is 346 g/mol. The highest BCUT2D eigenvalue weighted by molar-refractivity contribution is 5.87. The van der Waals surface area contributed by atoms with Gasteiger partial charge in [0, 0.05) is 17.7 Å². The molecule has 0 spiro atoms. The van der Waals surface area contributed by atoms with Gasteiger partial charge in [-0.2, -0.15) is 0 Å². The molecule has 0 unspecified atom stereocenters. The molecule has 26 heavy (non-hydrogen) atoms. The fraction of sp³-hybridized carbons (Fsp3) is 0.0909. The summed E-state index contributed by atoms with van der Waals surface area (Å²) >= 11 is 0. The molecule has 0 aliphatic carbocycles. The predicted octanol–water partition coefficient (Wildman–Crippen LogP) is 3.90. The molecule has 0 aliphatic rings. The van der Waals surface area contributed by atoms with Crippen LogP contribution in [0.2, 0.25) is 0 Å². The van der Waals surface area contributed by atoms with Crippen LogP contribution in [0.1, 0.15) is 27.0 Å². The average molecular weight is 346 g/mol. The molecule has 1 aromatic heterocycles. The van der Waals surface area contributed by atoms with Crippen LogP contribution in [0.25, 0.3) is 12.2 Å². The van der Waals surface area contributed by atoms with Crippen molar-refractivity contribution in [1.82, 2.24) is 0 Å². The third kappa shape index (κ3) is 4.57. The number of ether oxygens (including phenoxy) is 1. The number of methoxy groups -OCH3 is 1. The Bertz CT molecular complexity index is 913. The molecule has 2 aromatic carbocycles. The minimum absolute atomic E-state index is 0.308. The van der Waals surface area contributed by atoms with Crippen LogP contribution in [0, 0.1) is 0 Å². The van der Waals surface area contributed by atoms with Gasteiger partial charge in [-0.3, -0.25) is 0 Å². The molecule has 130 valence electrons. The summed E-state index contributed by atoms with van der Waals surface area (Å²) in [6.45, 7) is 0.629. The van der Waals surface area contributed by atoms with Crippen molar-refractivity contribution in [2.45, 2.75) is 6.54 Å². The van der Waals surface area contributed by atoms with Gasteiger partial charge in [0.25, 0.3) is 0 Å². The molecular formula is C22H20NO3+. The minimum Gasteiger partial charge on any atom is -0.497 e. The molecule has 0 aliphatic heterocycles. The number of rotatable bonds is 6. The predicted molar refractivity (Wildman–Crippen MR) is 101 cm³/mol. The molecule has 0 atom stereocenters. The van der Waals surface area contributed by atoms with E-state index in [1.165, 1.54) is 0 Å². The number of benzene rings is 2. The molecule has 4 heteroatoms. The molecule has 3 rings (SSSR count). The van der Waals surface area contributed by atoms with Crippen molar-refractivity contribution in [2.24, 2.45) is 0 Å². The van der Waals surface area contributed by atoms with Gasteiger partial charge < -0.3 is 9.84 Å². The minimum atomic E-state index is -0.907. The lowest BCUT2D eigenvalue weighted by Gasteiger charge is -2.01. The smallest absolute Gasteiger partial charge is 0.335 e. The summed E-state index contributed by atoms with van der Waals surface area (Å²) in [5, 5.41) is 9.07. The lowest BCUT2D eigenvalue weighted by molar-refractivity contribution is -0.688. The molecule has 0 radical (unpaired) electrons. The number of pyridine rings is 1. The highest BCUT2D eigenvalue weighted by atomic mass is 16.5. The van der Waals surface area contributed by atoms with Gasteiger partial charge in [-0.1, -0.05) is 36.4 Å². The number of nitrogens with zero attached hydrogens (tertiary/aromatic N) is 1. The van der Waals surface area contributed by atoms with Gasteiger partial charge >= 0.3 is 5.97 Å². The van der Waals surface area contributed by atoms with Crippen LogP contribution in [0.15, 0.2) is 73.1 Å². The van der Waals surface area contributed by atoms with Gasteiger partial charge in [0.05, 0.1) is 12.7 Å². The first kappa shape index (κ1) is 17.4. The second-order valence-corrected chi connectivity index (χ2v) is 5.92. The topological polar surface area (TPSA) is 50.4 Å². The van der Waals surface area contributed by atoms with Crippen molar-refractivity contribution in [3.05, 3.63) is 95.3 Å². The number of hydrogen-bond acceptors (Lipinski definition) is 2. The fourth-order valence-corrected chi connectivity index (χ4v) is 2.61. The van der Waals surface area contributed by atoms with Crippen molar-refractivity contribution in [2.75, 3.05) is 7.11 Å². The van der Waals surface area contributed by atoms with Crippen LogP contribution in [0.4, 0.5) is 0 Å². The largest absolute Gasteiger partial charge is 0.497 e. The van der Waals surface area contributed by atoms with Crippen molar-refractivity contribution in [3.8, 4) is 5.75 Å². The summed E-state index contributed by atoms with van der Waals surface area (Å²) in [6, 6.07) is 18.9. The number of aromatic carboxylic acids is 1. The standard InChI is InChI=1S/C22H19NO3/c1-26-21-9-7-17(8-10-21)5-6-18-11-13-23(14-12-18)16-19-3-2-4-20(15-19)22(24)25/h2-15H,16H2,1H3/p+1/b6-5-. The SMILES string of the molecule is COc1ccc(/C=C\c2cc[n+](Cc3cccc(C(=O)O)c3)cc2)cc1. The van der Waals surface area contributed by atoms with Gasteiger partial charge in [-0.05, 0) is 35.4 Å². The maximum atomic E-state index is 11.1. The third-order valence-corrected chi connectivity index (χ3v) is 4.04. The van der Waals surface area contributed by atoms with Crippen LogP contribution >= 0.6 is 0 Å². The third-order valence-electron chi connectivity index (χ3n) is 4.04. The zero-order valence-corrected chi connectivity index (χ0v) is 14.5. The Kier molecular flexibility index (Phi) is 5.44. The Balaban J connectivity index is 1.67. The lowest BCUT2D eigenvalue weighted by Crippen LogP contribution is -2.33. The summed E-state index contributed by atoms with van der Waals surface area (Å²) in [7, 11) is 1.65. The highest BCUT2D eigenvalue weighted by Crippen LogP contribution is 2.13. The van der Waals surface area contributed by atoms with Gasteiger partial charge in [0.1, 0.15) is 5.75 Å². The van der Waals surface area contributed by atoms with Crippen LogP contribution in [0.5, 0.6) is 5.75 Å². The number of carboxylic acid groups (broad SMARTS) is 1. The maximum absolute atomic E-state index is 11.1. The zero-order chi connectivity index (χ0) is 18.4. The Labute approximate surface area is 152 Å². The highest BCUT2D eigenvalue weighted by Gasteiger charge is 2.07. The molecule has 1 N–H and O–H groups in total. The second kappa shape index (κ2) is 8.12. The number of carbonyl (C=O) groups is 1. The van der Waals surface area contributed by atoms with Crippen molar-refractivity contribution >= 4 is 18.1 Å². The molecule has 0 saturated heterocycles. The molecule has 0 fully saturated rings. The van der Waals surface area contributed by atoms with E-state index in [1.54, 1.807) is 25.3 Å². The summed E-state index contributed by atoms with van der Waals surface area (Å²) in [4.78, 5) is 11.1. The summed E-state index contributed by atoms with van der Waals surface area (Å²) in [5.74, 6) is -0.0641. The molecular weight excluding hydrogens is 326 g/mol. The Morgan fingerprint density at radius 1 is 1.00 bits per heavy atom. The van der Waals surface area contributed by atoms with Gasteiger partial charge in [-0.25, -0.2) is 9.36 Å². The molecule has 4 nitrogen and oxygen atoms in total. The van der Waals surface area contributed by atoms with E-state index >= 15 is 0 Å². The molecule has 3 aromatic rings. The van der Waals surface area contributed by atoms with E-state index in [-0.39, 0.29) is 0 Å². The van der Waals surface area contributed by atoms with Crippen molar-refractivity contribution in [1.29, 1.82) is 0 Å². The van der Waals surface area contributed by atoms with Crippen LogP contribution < -0.4 is 9.30 Å². The molecule has 0 saturated carbocycles. The molecule has 1 heterocycles. The van der Waals surface area contributed by atoms with E-state index < -0.39 is 5.97 Å². The summed E-state index contributed by atoms with van der Waals surface area (Å²) in [5.41, 5.74) is 3.46. The first-order valence-corrected chi connectivity index (χ1v) is 8.27. The number of hydrogen-bond donors (Lipinski definition) is 1. The van der Waals surface area contributed by atoms with E-state index in [4.69, 9.17) is 9.84 Å². The fourth-order valence-electron chi connectivity index (χ4n) is 2.61. The van der Waals surface area contributed by atoms with Crippen molar-refractivity contribution in [3.63, 3.8) is 0 Å². The maximum Gasteiger partial charge on any atom is 0.335 e. The van der Waals surface area contributed by atoms with E-state index in [9.17, 15) is 4.79 Å². The van der Waals surface area contributed by atoms with E-state index in [1.807, 2.05) is 59.4 Å². The Morgan fingerprint density at radius 3 is 2.27 bits per heavy atom. The molecule has 0 bridgehead atoms. The second-order valence-electron chi connectivity index (χ2n) is 5.92. The number of carboxylic acids is 1. The zero-order valence-electron chi connectivity index (χ0n) is 14.5. The van der Waals surface area contributed by atoms with Gasteiger partial charge in [0.15, 0.2) is 18.9 Å². The van der Waals surface area contributed by atoms with Gasteiger partial charge in [-0.15, -0.1) is 0 Å². The molecule has 0 amide bonds. The van der Waals surface area contributed by atoms with Crippen LogP contribution in [-0.2, 0) is 6.54 Å². The van der Waals surface area contributed by atoms with Crippen molar-refractivity contribution < 1.29 is 19.2 Å². The first-order chi connectivity index (χ1) is 12.6. The summed E-state index contributed by atoms with van der Waals surface area (Å²) in [6.07, 6.45) is 8.08.